The molecule has 1 N–H and O–H groups in total. The Labute approximate surface area is 183 Å². The summed E-state index contributed by atoms with van der Waals surface area (Å²) in [5, 5.41) is 20.4. The van der Waals surface area contributed by atoms with Crippen LogP contribution in [0.4, 0.5) is 5.13 Å². The number of carbonyl (C=O) groups excluding carboxylic acids is 2. The van der Waals surface area contributed by atoms with Crippen molar-refractivity contribution >= 4 is 33.9 Å². The van der Waals surface area contributed by atoms with E-state index < -0.39 is 17.7 Å². The Kier molecular flexibility index (Phi) is 5.81. The highest BCUT2D eigenvalue weighted by molar-refractivity contribution is 7.15. The number of benzene rings is 2. The van der Waals surface area contributed by atoms with Crippen LogP contribution in [0.15, 0.2) is 60.2 Å². The summed E-state index contributed by atoms with van der Waals surface area (Å²) >= 11 is 1.25. The summed E-state index contributed by atoms with van der Waals surface area (Å²) in [6, 6.07) is 15.0. The molecule has 0 saturated carbocycles. The molecule has 2 heterocycles. The molecule has 0 spiro atoms. The van der Waals surface area contributed by atoms with Crippen LogP contribution in [0.2, 0.25) is 0 Å². The molecule has 1 fully saturated rings. The molecule has 0 bridgehead atoms. The minimum Gasteiger partial charge on any atom is -0.507 e. The second-order valence-electron chi connectivity index (χ2n) is 6.87. The molecule has 1 aliphatic heterocycles. The second-order valence-corrected chi connectivity index (χ2v) is 7.91. The Balaban J connectivity index is 1.92. The van der Waals surface area contributed by atoms with Crippen LogP contribution in [-0.4, -0.2) is 33.6 Å². The number of aliphatic hydroxyl groups excluding tert-OH is 1. The van der Waals surface area contributed by atoms with Gasteiger partial charge in [0, 0.05) is 5.56 Å². The number of hydrogen-bond donors (Lipinski definition) is 1. The van der Waals surface area contributed by atoms with E-state index in [1.54, 1.807) is 48.5 Å². The standard InChI is InChI=1S/C23H21N3O4S/c1-3-17-24-25-23(31-17)26-19(15-11-8-12-16(13-15)30-4-2)18(21(28)22(26)29)20(27)14-9-6-5-7-10-14/h5-13,19,27H,3-4H2,1-2H3/b20-18+. The van der Waals surface area contributed by atoms with Gasteiger partial charge in [-0.15, -0.1) is 10.2 Å². The zero-order chi connectivity index (χ0) is 22.0. The molecule has 3 aromatic rings. The van der Waals surface area contributed by atoms with Crippen molar-refractivity contribution < 1.29 is 19.4 Å². The minimum absolute atomic E-state index is 0.0121. The Bertz CT molecular complexity index is 1160. The van der Waals surface area contributed by atoms with E-state index in [-0.39, 0.29) is 11.3 Å². The first-order valence-electron chi connectivity index (χ1n) is 9.96. The van der Waals surface area contributed by atoms with Crippen molar-refractivity contribution in [1.29, 1.82) is 0 Å². The molecule has 1 amide bonds. The number of ketones is 1. The summed E-state index contributed by atoms with van der Waals surface area (Å²) in [7, 11) is 0. The smallest absolute Gasteiger partial charge is 0.301 e. The third-order valence-electron chi connectivity index (χ3n) is 4.94. The van der Waals surface area contributed by atoms with Crippen molar-refractivity contribution in [3.05, 3.63) is 76.3 Å². The van der Waals surface area contributed by atoms with Crippen LogP contribution in [0.5, 0.6) is 5.75 Å². The van der Waals surface area contributed by atoms with Gasteiger partial charge in [-0.1, -0.05) is 60.7 Å². The van der Waals surface area contributed by atoms with Crippen LogP contribution < -0.4 is 9.64 Å². The van der Waals surface area contributed by atoms with E-state index in [2.05, 4.69) is 10.2 Å². The molecule has 4 rings (SSSR count). The molecule has 1 saturated heterocycles. The quantitative estimate of drug-likeness (QED) is 0.356. The highest BCUT2D eigenvalue weighted by Gasteiger charge is 2.48. The molecule has 0 aliphatic carbocycles. The molecule has 8 heteroatoms. The Morgan fingerprint density at radius 2 is 1.87 bits per heavy atom. The molecule has 158 valence electrons. The predicted octanol–water partition coefficient (Wildman–Crippen LogP) is 4.13. The number of aliphatic hydroxyl groups is 1. The number of hydrogen-bond acceptors (Lipinski definition) is 7. The number of ether oxygens (including phenoxy) is 1. The van der Waals surface area contributed by atoms with E-state index in [0.717, 1.165) is 5.01 Å². The monoisotopic (exact) mass is 435 g/mol. The van der Waals surface area contributed by atoms with E-state index in [0.29, 0.717) is 35.0 Å². The number of carbonyl (C=O) groups is 2. The van der Waals surface area contributed by atoms with Crippen molar-refractivity contribution in [3.63, 3.8) is 0 Å². The SMILES string of the molecule is CCOc1cccc(C2/C(=C(\O)c3ccccc3)C(=O)C(=O)N2c2nnc(CC)s2)c1. The number of aromatic nitrogens is 2. The van der Waals surface area contributed by atoms with Gasteiger partial charge in [-0.3, -0.25) is 14.5 Å². The van der Waals surface area contributed by atoms with E-state index in [1.807, 2.05) is 19.9 Å². The molecule has 1 aromatic heterocycles. The molecule has 7 nitrogen and oxygen atoms in total. The first kappa shape index (κ1) is 20.7. The molecule has 2 aromatic carbocycles. The van der Waals surface area contributed by atoms with Gasteiger partial charge < -0.3 is 9.84 Å². The summed E-state index contributed by atoms with van der Waals surface area (Å²) in [4.78, 5) is 27.5. The third-order valence-corrected chi connectivity index (χ3v) is 6.01. The zero-order valence-corrected chi connectivity index (χ0v) is 17.9. The van der Waals surface area contributed by atoms with Gasteiger partial charge in [0.2, 0.25) is 5.13 Å². The molecule has 31 heavy (non-hydrogen) atoms. The number of Topliss-reactive ketones (excluding diaryl/α,β-unsaturated/α-hetero) is 1. The maximum Gasteiger partial charge on any atom is 0.301 e. The van der Waals surface area contributed by atoms with E-state index >= 15 is 0 Å². The first-order chi connectivity index (χ1) is 15.0. The molecule has 0 radical (unpaired) electrons. The van der Waals surface area contributed by atoms with Crippen molar-refractivity contribution in [2.45, 2.75) is 26.3 Å². The van der Waals surface area contributed by atoms with Gasteiger partial charge in [0.15, 0.2) is 0 Å². The first-order valence-corrected chi connectivity index (χ1v) is 10.8. The van der Waals surface area contributed by atoms with E-state index in [1.165, 1.54) is 16.2 Å². The molecule has 1 atom stereocenters. The summed E-state index contributed by atoms with van der Waals surface area (Å²) in [5.74, 6) is -1.13. The molecule has 1 unspecified atom stereocenters. The average Bonchev–Trinajstić information content (AvgIpc) is 3.37. The molecular weight excluding hydrogens is 414 g/mol. The maximum absolute atomic E-state index is 13.1. The van der Waals surface area contributed by atoms with Crippen LogP contribution in [0.25, 0.3) is 5.76 Å². The van der Waals surface area contributed by atoms with Crippen LogP contribution >= 0.6 is 11.3 Å². The Morgan fingerprint density at radius 1 is 1.10 bits per heavy atom. The predicted molar refractivity (Wildman–Crippen MR) is 118 cm³/mol. The maximum atomic E-state index is 13.1. The lowest BCUT2D eigenvalue weighted by Gasteiger charge is -2.23. The molecular formula is C23H21N3O4S. The van der Waals surface area contributed by atoms with Crippen LogP contribution in [0.1, 0.15) is 36.0 Å². The average molecular weight is 436 g/mol. The summed E-state index contributed by atoms with van der Waals surface area (Å²) in [5.41, 5.74) is 1.10. The van der Waals surface area contributed by atoms with Gasteiger partial charge in [-0.05, 0) is 31.0 Å². The fourth-order valence-corrected chi connectivity index (χ4v) is 4.33. The van der Waals surface area contributed by atoms with Gasteiger partial charge >= 0.3 is 5.91 Å². The number of anilines is 1. The molecule has 1 aliphatic rings. The zero-order valence-electron chi connectivity index (χ0n) is 17.1. The highest BCUT2D eigenvalue weighted by Crippen LogP contribution is 2.43. The summed E-state index contributed by atoms with van der Waals surface area (Å²) < 4.78 is 5.61. The number of amides is 1. The number of aryl methyl sites for hydroxylation is 1. The van der Waals surface area contributed by atoms with Crippen molar-refractivity contribution in [3.8, 4) is 5.75 Å². The van der Waals surface area contributed by atoms with E-state index in [4.69, 9.17) is 4.74 Å². The number of rotatable bonds is 6. The lowest BCUT2D eigenvalue weighted by molar-refractivity contribution is -0.132. The third kappa shape index (κ3) is 3.82. The van der Waals surface area contributed by atoms with Crippen LogP contribution in [0.3, 0.4) is 0 Å². The van der Waals surface area contributed by atoms with Gasteiger partial charge in [-0.2, -0.15) is 0 Å². The summed E-state index contributed by atoms with van der Waals surface area (Å²) in [6.07, 6.45) is 0.663. The van der Waals surface area contributed by atoms with Crippen molar-refractivity contribution in [2.75, 3.05) is 11.5 Å². The van der Waals surface area contributed by atoms with Gasteiger partial charge in [0.05, 0.1) is 18.2 Å². The summed E-state index contributed by atoms with van der Waals surface area (Å²) in [6.45, 7) is 4.29. The van der Waals surface area contributed by atoms with Crippen molar-refractivity contribution in [2.24, 2.45) is 0 Å². The van der Waals surface area contributed by atoms with Gasteiger partial charge in [0.25, 0.3) is 5.78 Å². The van der Waals surface area contributed by atoms with Crippen LogP contribution in [0, 0.1) is 0 Å². The number of nitrogens with zero attached hydrogens (tertiary/aromatic N) is 3. The van der Waals surface area contributed by atoms with Gasteiger partial charge in [-0.25, -0.2) is 0 Å². The van der Waals surface area contributed by atoms with Crippen molar-refractivity contribution in [1.82, 2.24) is 10.2 Å². The lowest BCUT2D eigenvalue weighted by Crippen LogP contribution is -2.29. The normalized spacial score (nSPS) is 17.9. The van der Waals surface area contributed by atoms with Crippen LogP contribution in [-0.2, 0) is 16.0 Å². The topological polar surface area (TPSA) is 92.6 Å². The second kappa shape index (κ2) is 8.69. The van der Waals surface area contributed by atoms with Gasteiger partial charge in [0.1, 0.15) is 16.5 Å². The lowest BCUT2D eigenvalue weighted by atomic mass is 9.95. The Morgan fingerprint density at radius 3 is 2.55 bits per heavy atom. The minimum atomic E-state index is -0.849. The fraction of sp³-hybridized carbons (Fsp3) is 0.217. The largest absolute Gasteiger partial charge is 0.507 e. The fourth-order valence-electron chi connectivity index (χ4n) is 3.52. The Hall–Kier alpha value is -3.52. The van der Waals surface area contributed by atoms with E-state index in [9.17, 15) is 14.7 Å². The highest BCUT2D eigenvalue weighted by atomic mass is 32.1.